The highest BCUT2D eigenvalue weighted by Gasteiger charge is 2.22. The Morgan fingerprint density at radius 1 is 1.33 bits per heavy atom. The van der Waals surface area contributed by atoms with Crippen LogP contribution in [0.3, 0.4) is 0 Å². The van der Waals surface area contributed by atoms with E-state index >= 15 is 0 Å². The van der Waals surface area contributed by atoms with Gasteiger partial charge in [0.15, 0.2) is 0 Å². The van der Waals surface area contributed by atoms with E-state index < -0.39 is 10.0 Å². The Labute approximate surface area is 129 Å². The number of anilines is 1. The number of aliphatic hydroxyl groups is 1. The molecule has 4 nitrogen and oxygen atoms in total. The second-order valence-corrected chi connectivity index (χ2v) is 7.80. The molecule has 114 valence electrons. The summed E-state index contributed by atoms with van der Waals surface area (Å²) in [6.07, 6.45) is 0. The van der Waals surface area contributed by atoms with Gasteiger partial charge >= 0.3 is 0 Å². The summed E-state index contributed by atoms with van der Waals surface area (Å²) in [7, 11) is -3.69. The fourth-order valence-corrected chi connectivity index (χ4v) is 4.84. The number of thiophene rings is 1. The third kappa shape index (κ3) is 3.45. The molecule has 0 aliphatic heterocycles. The van der Waals surface area contributed by atoms with Crippen molar-refractivity contribution in [3.63, 3.8) is 0 Å². The van der Waals surface area contributed by atoms with Gasteiger partial charge in [0.2, 0.25) is 0 Å². The van der Waals surface area contributed by atoms with E-state index in [1.165, 1.54) is 11.3 Å². The Morgan fingerprint density at radius 3 is 2.67 bits per heavy atom. The van der Waals surface area contributed by atoms with Crippen LogP contribution < -0.4 is 4.72 Å². The summed E-state index contributed by atoms with van der Waals surface area (Å²) >= 11 is 1.25. The molecule has 0 atom stereocenters. The monoisotopic (exact) mass is 325 g/mol. The van der Waals surface area contributed by atoms with Crippen molar-refractivity contribution in [1.82, 2.24) is 0 Å². The Kier molecular flexibility index (Phi) is 4.70. The fourth-order valence-electron chi connectivity index (χ4n) is 2.12. The lowest BCUT2D eigenvalue weighted by Crippen LogP contribution is -2.15. The van der Waals surface area contributed by atoms with Gasteiger partial charge in [0.1, 0.15) is 4.90 Å². The molecule has 1 aromatic carbocycles. The van der Waals surface area contributed by atoms with Gasteiger partial charge < -0.3 is 5.11 Å². The molecule has 0 saturated heterocycles. The Bertz CT molecular complexity index is 733. The smallest absolute Gasteiger partial charge is 0.263 e. The minimum absolute atomic E-state index is 0.185. The van der Waals surface area contributed by atoms with Crippen LogP contribution in [-0.2, 0) is 16.6 Å². The Hall–Kier alpha value is -1.37. The van der Waals surface area contributed by atoms with Crippen LogP contribution in [0.1, 0.15) is 35.8 Å². The number of nitrogens with one attached hydrogen (secondary N) is 1. The number of aryl methyl sites for hydroxylation is 1. The van der Waals surface area contributed by atoms with Crippen molar-refractivity contribution in [3.05, 3.63) is 45.6 Å². The second kappa shape index (κ2) is 6.17. The molecule has 1 heterocycles. The van der Waals surface area contributed by atoms with Crippen LogP contribution in [0.5, 0.6) is 0 Å². The van der Waals surface area contributed by atoms with E-state index in [1.54, 1.807) is 18.4 Å². The van der Waals surface area contributed by atoms with Gasteiger partial charge in [-0.1, -0.05) is 26.0 Å². The number of benzene rings is 1. The summed E-state index contributed by atoms with van der Waals surface area (Å²) in [5.74, 6) is 0.324. The Morgan fingerprint density at radius 2 is 2.05 bits per heavy atom. The maximum absolute atomic E-state index is 12.5. The van der Waals surface area contributed by atoms with Crippen molar-refractivity contribution >= 4 is 27.0 Å². The van der Waals surface area contributed by atoms with Gasteiger partial charge in [0.25, 0.3) is 10.0 Å². The first-order chi connectivity index (χ1) is 9.85. The maximum atomic E-state index is 12.5. The summed E-state index contributed by atoms with van der Waals surface area (Å²) < 4.78 is 27.7. The van der Waals surface area contributed by atoms with Gasteiger partial charge in [0, 0.05) is 5.69 Å². The van der Waals surface area contributed by atoms with E-state index in [-0.39, 0.29) is 11.5 Å². The Balaban J connectivity index is 2.38. The SMILES string of the molecule is Cc1csc(CO)c1S(=O)(=O)Nc1cccc(C(C)C)c1. The van der Waals surface area contributed by atoms with Gasteiger partial charge in [-0.3, -0.25) is 4.72 Å². The topological polar surface area (TPSA) is 66.4 Å². The number of aliphatic hydroxyl groups excluding tert-OH is 1. The summed E-state index contributed by atoms with van der Waals surface area (Å²) in [4.78, 5) is 0.643. The first-order valence-electron chi connectivity index (χ1n) is 6.65. The second-order valence-electron chi connectivity index (χ2n) is 5.21. The average molecular weight is 325 g/mol. The number of rotatable bonds is 5. The zero-order valence-electron chi connectivity index (χ0n) is 12.3. The molecule has 0 bridgehead atoms. The van der Waals surface area contributed by atoms with Crippen LogP contribution in [0.25, 0.3) is 0 Å². The lowest BCUT2D eigenvalue weighted by Gasteiger charge is -2.12. The minimum Gasteiger partial charge on any atom is -0.391 e. The molecule has 0 spiro atoms. The van der Waals surface area contributed by atoms with Crippen LogP contribution in [0.15, 0.2) is 34.5 Å². The molecule has 0 unspecified atom stereocenters. The quantitative estimate of drug-likeness (QED) is 0.884. The lowest BCUT2D eigenvalue weighted by atomic mass is 10.0. The molecular formula is C15H19NO3S2. The van der Waals surface area contributed by atoms with E-state index in [4.69, 9.17) is 0 Å². The zero-order valence-corrected chi connectivity index (χ0v) is 13.9. The highest BCUT2D eigenvalue weighted by atomic mass is 32.2. The standard InChI is InChI=1S/C15H19NO3S2/c1-10(2)12-5-4-6-13(7-12)16-21(18,19)15-11(3)9-20-14(15)8-17/h4-7,9-10,16-17H,8H2,1-3H3. The summed E-state index contributed by atoms with van der Waals surface area (Å²) in [5, 5.41) is 11.0. The van der Waals surface area contributed by atoms with Crippen LogP contribution in [0.2, 0.25) is 0 Å². The van der Waals surface area contributed by atoms with E-state index in [2.05, 4.69) is 18.6 Å². The molecule has 0 amide bonds. The molecular weight excluding hydrogens is 306 g/mol. The highest BCUT2D eigenvalue weighted by molar-refractivity contribution is 7.93. The zero-order chi connectivity index (χ0) is 15.6. The van der Waals surface area contributed by atoms with Crippen LogP contribution >= 0.6 is 11.3 Å². The largest absolute Gasteiger partial charge is 0.391 e. The highest BCUT2D eigenvalue weighted by Crippen LogP contribution is 2.29. The first-order valence-corrected chi connectivity index (χ1v) is 9.02. The number of sulfonamides is 1. The van der Waals surface area contributed by atoms with Crippen molar-refractivity contribution < 1.29 is 13.5 Å². The fraction of sp³-hybridized carbons (Fsp3) is 0.333. The van der Waals surface area contributed by atoms with Crippen molar-refractivity contribution in [3.8, 4) is 0 Å². The minimum atomic E-state index is -3.69. The number of hydrogen-bond donors (Lipinski definition) is 2. The molecule has 2 rings (SSSR count). The summed E-state index contributed by atoms with van der Waals surface area (Å²) in [6.45, 7) is 5.57. The molecule has 2 N–H and O–H groups in total. The van der Waals surface area contributed by atoms with E-state index in [1.807, 2.05) is 18.2 Å². The van der Waals surface area contributed by atoms with E-state index in [0.717, 1.165) is 5.56 Å². The third-order valence-corrected chi connectivity index (χ3v) is 6.04. The van der Waals surface area contributed by atoms with E-state index in [0.29, 0.717) is 22.0 Å². The molecule has 0 saturated carbocycles. The van der Waals surface area contributed by atoms with Gasteiger partial charge in [-0.15, -0.1) is 11.3 Å². The van der Waals surface area contributed by atoms with Crippen molar-refractivity contribution in [1.29, 1.82) is 0 Å². The lowest BCUT2D eigenvalue weighted by molar-refractivity contribution is 0.282. The van der Waals surface area contributed by atoms with Crippen LogP contribution in [-0.4, -0.2) is 13.5 Å². The maximum Gasteiger partial charge on any atom is 0.263 e. The summed E-state index contributed by atoms with van der Waals surface area (Å²) in [5.41, 5.74) is 2.26. The average Bonchev–Trinajstić information content (AvgIpc) is 2.80. The number of hydrogen-bond acceptors (Lipinski definition) is 4. The van der Waals surface area contributed by atoms with Gasteiger partial charge in [-0.05, 0) is 41.5 Å². The van der Waals surface area contributed by atoms with Crippen molar-refractivity contribution in [2.75, 3.05) is 4.72 Å². The molecule has 1 aromatic heterocycles. The molecule has 0 fully saturated rings. The third-order valence-electron chi connectivity index (χ3n) is 3.21. The molecule has 0 aliphatic carbocycles. The predicted molar refractivity (Wildman–Crippen MR) is 86.3 cm³/mol. The first kappa shape index (κ1) is 16.0. The molecule has 21 heavy (non-hydrogen) atoms. The molecule has 0 aliphatic rings. The summed E-state index contributed by atoms with van der Waals surface area (Å²) in [6, 6.07) is 7.37. The van der Waals surface area contributed by atoms with Crippen molar-refractivity contribution in [2.45, 2.75) is 38.2 Å². The van der Waals surface area contributed by atoms with Crippen LogP contribution in [0.4, 0.5) is 5.69 Å². The molecule has 2 aromatic rings. The van der Waals surface area contributed by atoms with Crippen molar-refractivity contribution in [2.24, 2.45) is 0 Å². The molecule has 6 heteroatoms. The van der Waals surface area contributed by atoms with Crippen LogP contribution in [0, 0.1) is 6.92 Å². The van der Waals surface area contributed by atoms with E-state index in [9.17, 15) is 13.5 Å². The van der Waals surface area contributed by atoms with Gasteiger partial charge in [0.05, 0.1) is 11.5 Å². The normalized spacial score (nSPS) is 11.9. The molecule has 0 radical (unpaired) electrons. The van der Waals surface area contributed by atoms with Gasteiger partial charge in [-0.25, -0.2) is 8.42 Å². The predicted octanol–water partition coefficient (Wildman–Crippen LogP) is 3.47. The van der Waals surface area contributed by atoms with Gasteiger partial charge in [-0.2, -0.15) is 0 Å².